The van der Waals surface area contributed by atoms with Gasteiger partial charge in [0, 0.05) is 53.0 Å². The lowest BCUT2D eigenvalue weighted by atomic mass is 10.0. The Morgan fingerprint density at radius 2 is 1.05 bits per heavy atom. The molecule has 0 saturated heterocycles. The molecule has 0 aliphatic heterocycles. The smallest absolute Gasteiger partial charge is 0.166 e. The molecule has 4 heterocycles. The maximum Gasteiger partial charge on any atom is 0.166 e. The zero-order valence-corrected chi connectivity index (χ0v) is 32.2. The second kappa shape index (κ2) is 12.4. The van der Waals surface area contributed by atoms with Gasteiger partial charge in [0.05, 0.1) is 22.1 Å². The SMILES string of the molecule is c1ccc2cc3c(cc2c1)c1ccccc1n3-c1c(-c2nc(-c3ccc4sc5ccccc5c4c3)nc(-c3cccc4ccccc34)n2)ccc2oc3ccccc3c12. The summed E-state index contributed by atoms with van der Waals surface area (Å²) < 4.78 is 11.5. The maximum atomic E-state index is 6.61. The third-order valence-electron chi connectivity index (χ3n) is 11.8. The Balaban J connectivity index is 1.17. The zero-order chi connectivity index (χ0) is 38.6. The summed E-state index contributed by atoms with van der Waals surface area (Å²) >= 11 is 1.81. The molecule has 0 N–H and O–H groups in total. The lowest BCUT2D eigenvalue weighted by Gasteiger charge is -2.16. The van der Waals surface area contributed by atoms with Gasteiger partial charge >= 0.3 is 0 Å². The van der Waals surface area contributed by atoms with E-state index in [1.54, 1.807) is 0 Å². The summed E-state index contributed by atoms with van der Waals surface area (Å²) in [7, 11) is 0. The fourth-order valence-electron chi connectivity index (χ4n) is 9.14. The summed E-state index contributed by atoms with van der Waals surface area (Å²) in [6.45, 7) is 0. The Kier molecular flexibility index (Phi) is 6.82. The predicted octanol–water partition coefficient (Wildman–Crippen LogP) is 14.5. The average molecular weight is 771 g/mol. The van der Waals surface area contributed by atoms with Crippen LogP contribution in [0.5, 0.6) is 0 Å². The standard InChI is InChI=1S/C53H30N4OS/c1-2-14-33-30-44-41(28-32(33)13-1)36-17-5-8-21-43(36)57(44)50-40(25-26-46-49(50)39-19-6-9-22-45(39)58-46)53-55-51(34-24-27-48-42(29-34)37-18-7-10-23-47(37)59-48)54-52(56-53)38-20-11-15-31-12-3-4-16-35(31)38/h1-30H. The van der Waals surface area contributed by atoms with Crippen molar-refractivity contribution in [3.8, 4) is 39.9 Å². The van der Waals surface area contributed by atoms with Gasteiger partial charge in [-0.1, -0.05) is 121 Å². The van der Waals surface area contributed by atoms with Gasteiger partial charge in [-0.3, -0.25) is 0 Å². The first-order chi connectivity index (χ1) is 29.2. The molecule has 0 aliphatic rings. The first kappa shape index (κ1) is 32.4. The topological polar surface area (TPSA) is 56.7 Å². The highest BCUT2D eigenvalue weighted by atomic mass is 32.1. The van der Waals surface area contributed by atoms with Gasteiger partial charge in [-0.2, -0.15) is 0 Å². The largest absolute Gasteiger partial charge is 0.456 e. The van der Waals surface area contributed by atoms with Crippen LogP contribution in [0.2, 0.25) is 0 Å². The van der Waals surface area contributed by atoms with Gasteiger partial charge in [-0.05, 0) is 82.2 Å². The van der Waals surface area contributed by atoms with Crippen LogP contribution in [0.4, 0.5) is 0 Å². The molecule has 0 radical (unpaired) electrons. The molecule has 13 rings (SSSR count). The van der Waals surface area contributed by atoms with Crippen LogP contribution in [0.25, 0.3) is 125 Å². The molecule has 13 aromatic rings. The highest BCUT2D eigenvalue weighted by Crippen LogP contribution is 2.44. The number of furan rings is 1. The molecule has 0 unspecified atom stereocenters. The van der Waals surface area contributed by atoms with Crippen LogP contribution in [0.3, 0.4) is 0 Å². The molecule has 0 spiro atoms. The van der Waals surface area contributed by atoms with E-state index in [2.05, 4.69) is 174 Å². The second-order valence-electron chi connectivity index (χ2n) is 15.1. The Hall–Kier alpha value is -7.67. The quantitative estimate of drug-likeness (QED) is 0.179. The molecule has 0 fully saturated rings. The molecule has 4 aromatic heterocycles. The summed E-state index contributed by atoms with van der Waals surface area (Å²) in [5, 5.41) is 11.4. The summed E-state index contributed by atoms with van der Waals surface area (Å²) in [6, 6.07) is 64.4. The van der Waals surface area contributed by atoms with Crippen molar-refractivity contribution in [1.29, 1.82) is 0 Å². The molecular formula is C53H30N4OS. The van der Waals surface area contributed by atoms with Crippen molar-refractivity contribution in [2.45, 2.75) is 0 Å². The summed E-state index contributed by atoms with van der Waals surface area (Å²) in [6.07, 6.45) is 0. The molecule has 6 heteroatoms. The van der Waals surface area contributed by atoms with Crippen LogP contribution >= 0.6 is 11.3 Å². The van der Waals surface area contributed by atoms with Crippen LogP contribution in [0.1, 0.15) is 0 Å². The minimum atomic E-state index is 0.585. The minimum Gasteiger partial charge on any atom is -0.456 e. The van der Waals surface area contributed by atoms with Gasteiger partial charge in [0.2, 0.25) is 0 Å². The van der Waals surface area contributed by atoms with E-state index in [4.69, 9.17) is 19.4 Å². The molecule has 9 aromatic carbocycles. The number of hydrogen-bond donors (Lipinski definition) is 0. The second-order valence-corrected chi connectivity index (χ2v) is 16.2. The maximum absolute atomic E-state index is 6.61. The number of para-hydroxylation sites is 2. The van der Waals surface area contributed by atoms with Crippen molar-refractivity contribution in [3.05, 3.63) is 182 Å². The van der Waals surface area contributed by atoms with Gasteiger partial charge in [0.1, 0.15) is 11.2 Å². The van der Waals surface area contributed by atoms with E-state index in [9.17, 15) is 0 Å². The van der Waals surface area contributed by atoms with Crippen LogP contribution in [0, 0.1) is 0 Å². The fraction of sp³-hybridized carbons (Fsp3) is 0. The van der Waals surface area contributed by atoms with Crippen LogP contribution < -0.4 is 0 Å². The Morgan fingerprint density at radius 3 is 1.93 bits per heavy atom. The van der Waals surface area contributed by atoms with Crippen molar-refractivity contribution >= 4 is 96.8 Å². The molecule has 274 valence electrons. The highest BCUT2D eigenvalue weighted by Gasteiger charge is 2.25. The first-order valence-corrected chi connectivity index (χ1v) is 20.6. The zero-order valence-electron chi connectivity index (χ0n) is 31.4. The minimum absolute atomic E-state index is 0.585. The Labute approximate surface area is 341 Å². The van der Waals surface area contributed by atoms with Crippen molar-refractivity contribution in [2.24, 2.45) is 0 Å². The number of rotatable bonds is 4. The fourth-order valence-corrected chi connectivity index (χ4v) is 10.2. The van der Waals surface area contributed by atoms with E-state index >= 15 is 0 Å². The van der Waals surface area contributed by atoms with Crippen LogP contribution in [0.15, 0.2) is 186 Å². The van der Waals surface area contributed by atoms with Crippen LogP contribution in [-0.4, -0.2) is 19.5 Å². The van der Waals surface area contributed by atoms with E-state index in [0.717, 1.165) is 66.1 Å². The predicted molar refractivity (Wildman–Crippen MR) is 246 cm³/mol. The Morgan fingerprint density at radius 1 is 0.390 bits per heavy atom. The first-order valence-electron chi connectivity index (χ1n) is 19.8. The van der Waals surface area contributed by atoms with E-state index in [0.29, 0.717) is 17.5 Å². The third kappa shape index (κ3) is 4.87. The van der Waals surface area contributed by atoms with Crippen molar-refractivity contribution in [3.63, 3.8) is 0 Å². The van der Waals surface area contributed by atoms with E-state index < -0.39 is 0 Å². The number of fused-ring (bicyclic) bond motifs is 11. The monoisotopic (exact) mass is 770 g/mol. The number of benzene rings is 9. The van der Waals surface area contributed by atoms with E-state index in [1.165, 1.54) is 41.7 Å². The number of nitrogens with zero attached hydrogens (tertiary/aromatic N) is 4. The van der Waals surface area contributed by atoms with Gasteiger partial charge in [-0.15, -0.1) is 11.3 Å². The van der Waals surface area contributed by atoms with Crippen molar-refractivity contribution < 1.29 is 4.42 Å². The summed E-state index contributed by atoms with van der Waals surface area (Å²) in [5.74, 6) is 1.82. The summed E-state index contributed by atoms with van der Waals surface area (Å²) in [5.41, 5.74) is 7.56. The lowest BCUT2D eigenvalue weighted by Crippen LogP contribution is -2.04. The highest BCUT2D eigenvalue weighted by molar-refractivity contribution is 7.25. The van der Waals surface area contributed by atoms with E-state index in [-0.39, 0.29) is 0 Å². The van der Waals surface area contributed by atoms with Crippen LogP contribution in [-0.2, 0) is 0 Å². The van der Waals surface area contributed by atoms with Gasteiger partial charge in [0.25, 0.3) is 0 Å². The van der Waals surface area contributed by atoms with Gasteiger partial charge in [0.15, 0.2) is 17.5 Å². The summed E-state index contributed by atoms with van der Waals surface area (Å²) in [4.78, 5) is 16.2. The molecule has 0 saturated carbocycles. The molecule has 0 bridgehead atoms. The molecule has 0 atom stereocenters. The number of hydrogen-bond acceptors (Lipinski definition) is 5. The van der Waals surface area contributed by atoms with Gasteiger partial charge in [-0.25, -0.2) is 15.0 Å². The lowest BCUT2D eigenvalue weighted by molar-refractivity contribution is 0.669. The van der Waals surface area contributed by atoms with Crippen molar-refractivity contribution in [1.82, 2.24) is 19.5 Å². The molecule has 0 amide bonds. The normalized spacial score (nSPS) is 12.1. The third-order valence-corrected chi connectivity index (χ3v) is 13.0. The van der Waals surface area contributed by atoms with Gasteiger partial charge < -0.3 is 8.98 Å². The number of aromatic nitrogens is 4. The number of thiophene rings is 1. The van der Waals surface area contributed by atoms with Crippen molar-refractivity contribution in [2.75, 3.05) is 0 Å². The molecule has 59 heavy (non-hydrogen) atoms. The Bertz CT molecular complexity index is 3870. The van der Waals surface area contributed by atoms with E-state index in [1.807, 2.05) is 23.5 Å². The molecular weight excluding hydrogens is 741 g/mol. The molecule has 5 nitrogen and oxygen atoms in total. The molecule has 0 aliphatic carbocycles. The average Bonchev–Trinajstić information content (AvgIpc) is 3.97.